The van der Waals surface area contributed by atoms with E-state index in [4.69, 9.17) is 20.4 Å². The largest absolute Gasteiger partial charge is 0.419 e. The van der Waals surface area contributed by atoms with Crippen molar-refractivity contribution in [2.75, 3.05) is 10.7 Å². The molecule has 0 bridgehead atoms. The van der Waals surface area contributed by atoms with Gasteiger partial charge >= 0.3 is 6.18 Å². The number of hydrogen-bond donors (Lipinski definition) is 2. The van der Waals surface area contributed by atoms with Gasteiger partial charge in [0.05, 0.1) is 34.5 Å². The molecule has 16 heteroatoms. The number of nitrogens with two attached hydrogens (primary N) is 2. The molecule has 2 aromatic carbocycles. The van der Waals surface area contributed by atoms with Crippen molar-refractivity contribution in [1.82, 2.24) is 20.3 Å². The number of carbonyl (C=O) groups is 1. The summed E-state index contributed by atoms with van der Waals surface area (Å²) in [6, 6.07) is 9.46. The molecule has 1 amide bonds. The molecular formula is C29H30F3N7O5S. The van der Waals surface area contributed by atoms with Crippen molar-refractivity contribution in [2.24, 2.45) is 11.5 Å². The number of sulfone groups is 1. The van der Waals surface area contributed by atoms with E-state index in [1.807, 2.05) is 0 Å². The summed E-state index contributed by atoms with van der Waals surface area (Å²) < 4.78 is 76.4. The Morgan fingerprint density at radius 2 is 1.76 bits per heavy atom. The van der Waals surface area contributed by atoms with E-state index in [2.05, 4.69) is 20.3 Å². The van der Waals surface area contributed by atoms with Crippen molar-refractivity contribution in [3.05, 3.63) is 59.8 Å². The Kier molecular flexibility index (Phi) is 7.77. The highest BCUT2D eigenvalue weighted by Gasteiger charge is 2.41. The molecule has 12 nitrogen and oxygen atoms in total. The van der Waals surface area contributed by atoms with Crippen LogP contribution in [-0.2, 0) is 26.7 Å². The Labute approximate surface area is 255 Å². The molecule has 6 rings (SSSR count). The lowest BCUT2D eigenvalue weighted by Crippen LogP contribution is -2.45. The van der Waals surface area contributed by atoms with E-state index in [1.54, 1.807) is 24.3 Å². The van der Waals surface area contributed by atoms with Gasteiger partial charge in [-0.25, -0.2) is 8.42 Å². The number of benzene rings is 2. The van der Waals surface area contributed by atoms with Crippen LogP contribution < -0.4 is 16.4 Å². The summed E-state index contributed by atoms with van der Waals surface area (Å²) in [6.07, 6.45) is -0.167. The average Bonchev–Trinajstić information content (AvgIpc) is 3.69. The van der Waals surface area contributed by atoms with Crippen LogP contribution in [0.3, 0.4) is 0 Å². The van der Waals surface area contributed by atoms with Crippen molar-refractivity contribution in [3.63, 3.8) is 0 Å². The van der Waals surface area contributed by atoms with Gasteiger partial charge in [-0.05, 0) is 43.5 Å². The number of hydrogen-bond acceptors (Lipinski definition) is 11. The number of rotatable bonds is 6. The Hall–Kier alpha value is -4.15. The fourth-order valence-corrected chi connectivity index (χ4v) is 7.11. The van der Waals surface area contributed by atoms with Crippen LogP contribution in [0.4, 0.5) is 18.9 Å². The molecule has 0 saturated heterocycles. The first-order chi connectivity index (χ1) is 21.2. The maximum absolute atomic E-state index is 13.5. The predicted octanol–water partition coefficient (Wildman–Crippen LogP) is 4.22. The molecule has 3 heterocycles. The van der Waals surface area contributed by atoms with Crippen molar-refractivity contribution in [3.8, 4) is 22.8 Å². The van der Waals surface area contributed by atoms with E-state index in [0.29, 0.717) is 35.4 Å². The highest BCUT2D eigenvalue weighted by molar-refractivity contribution is 7.91. The highest BCUT2D eigenvalue weighted by Crippen LogP contribution is 2.38. The fourth-order valence-electron chi connectivity index (χ4n) is 5.55. The van der Waals surface area contributed by atoms with E-state index in [-0.39, 0.29) is 28.8 Å². The van der Waals surface area contributed by atoms with Crippen molar-refractivity contribution in [2.45, 2.75) is 74.1 Å². The van der Waals surface area contributed by atoms with Crippen molar-refractivity contribution >= 4 is 21.4 Å². The zero-order chi connectivity index (χ0) is 32.1. The smallest absolute Gasteiger partial charge is 0.400 e. The molecule has 2 aromatic heterocycles. The minimum Gasteiger partial charge on any atom is -0.419 e. The maximum Gasteiger partial charge on any atom is 0.400 e. The zero-order valence-electron chi connectivity index (χ0n) is 24.1. The van der Waals surface area contributed by atoms with Crippen LogP contribution in [-0.4, -0.2) is 52.6 Å². The first kappa shape index (κ1) is 30.9. The second-order valence-corrected chi connectivity index (χ2v) is 13.5. The lowest BCUT2D eigenvalue weighted by Gasteiger charge is -2.29. The number of amides is 1. The van der Waals surface area contributed by atoms with E-state index < -0.39 is 51.1 Å². The molecule has 2 aliphatic rings. The van der Waals surface area contributed by atoms with Crippen LogP contribution in [0.5, 0.6) is 0 Å². The average molecular weight is 646 g/mol. The summed E-state index contributed by atoms with van der Waals surface area (Å²) >= 11 is 0. The van der Waals surface area contributed by atoms with Crippen LogP contribution in [0, 0.1) is 0 Å². The third-order valence-corrected chi connectivity index (χ3v) is 10.1. The topological polar surface area (TPSA) is 184 Å². The van der Waals surface area contributed by atoms with E-state index >= 15 is 0 Å². The molecule has 4 N–H and O–H groups in total. The minimum absolute atomic E-state index is 0.0342. The van der Waals surface area contributed by atoms with E-state index in [0.717, 1.165) is 26.2 Å². The van der Waals surface area contributed by atoms with Gasteiger partial charge < -0.3 is 25.3 Å². The molecule has 0 radical (unpaired) electrons. The number of halogens is 3. The van der Waals surface area contributed by atoms with E-state index in [9.17, 15) is 26.4 Å². The SMILES string of the molecule is CC(c1nc(-c2ccc(CN3C(=O)[C@@H](N)CS(=O)(=O)c4ccc(-c5nnc(C6(N)CCCCC6)o5)cc43)cc2)no1)C(F)(F)F. The molecule has 4 aromatic rings. The molecule has 0 spiro atoms. The van der Waals surface area contributed by atoms with Crippen LogP contribution in [0.2, 0.25) is 0 Å². The van der Waals surface area contributed by atoms with Gasteiger partial charge in [0, 0.05) is 11.1 Å². The molecule has 1 fully saturated rings. The maximum atomic E-state index is 13.5. The van der Waals surface area contributed by atoms with Crippen LogP contribution in [0.15, 0.2) is 56.3 Å². The van der Waals surface area contributed by atoms with Gasteiger partial charge in [-0.3, -0.25) is 4.79 Å². The molecule has 1 aliphatic heterocycles. The molecule has 1 aliphatic carbocycles. The van der Waals surface area contributed by atoms with Gasteiger partial charge in [0.25, 0.3) is 0 Å². The highest BCUT2D eigenvalue weighted by atomic mass is 32.2. The van der Waals surface area contributed by atoms with E-state index in [1.165, 1.54) is 23.1 Å². The van der Waals surface area contributed by atoms with Gasteiger partial charge in [-0.2, -0.15) is 18.2 Å². The number of fused-ring (bicyclic) bond motifs is 1. The number of aromatic nitrogens is 4. The van der Waals surface area contributed by atoms with Gasteiger partial charge in [0.2, 0.25) is 29.4 Å². The Balaban J connectivity index is 1.31. The van der Waals surface area contributed by atoms with Gasteiger partial charge in [-0.1, -0.05) is 48.7 Å². The summed E-state index contributed by atoms with van der Waals surface area (Å²) in [7, 11) is -3.95. The van der Waals surface area contributed by atoms with Crippen LogP contribution in [0.25, 0.3) is 22.8 Å². The molecule has 238 valence electrons. The molecule has 45 heavy (non-hydrogen) atoms. The Bertz CT molecular complexity index is 1830. The predicted molar refractivity (Wildman–Crippen MR) is 154 cm³/mol. The van der Waals surface area contributed by atoms with Crippen LogP contribution in [0.1, 0.15) is 62.3 Å². The molecule has 1 unspecified atom stereocenters. The van der Waals surface area contributed by atoms with Gasteiger partial charge in [-0.15, -0.1) is 10.2 Å². The lowest BCUT2D eigenvalue weighted by atomic mass is 9.82. The van der Waals surface area contributed by atoms with Crippen LogP contribution >= 0.6 is 0 Å². The quantitative estimate of drug-likeness (QED) is 0.306. The van der Waals surface area contributed by atoms with Crippen molar-refractivity contribution < 1.29 is 35.3 Å². The number of nitrogens with zero attached hydrogens (tertiary/aromatic N) is 5. The number of carbonyl (C=O) groups excluding carboxylic acids is 1. The summed E-state index contributed by atoms with van der Waals surface area (Å²) in [4.78, 5) is 18.6. The first-order valence-electron chi connectivity index (χ1n) is 14.3. The molecule has 2 atom stereocenters. The Morgan fingerprint density at radius 1 is 1.07 bits per heavy atom. The minimum atomic E-state index is -4.54. The summed E-state index contributed by atoms with van der Waals surface area (Å²) in [6.45, 7) is 0.859. The number of anilines is 1. The lowest BCUT2D eigenvalue weighted by molar-refractivity contribution is -0.151. The third-order valence-electron chi connectivity index (χ3n) is 8.27. The standard InChI is InChI=1S/C29H30F3N7O5S/c1-16(29(30,31)32)24-35-23(38-44-24)18-7-5-17(6-8-18)14-39-21-13-19(9-10-22(21)45(41,42)15-20(33)26(39)40)25-36-37-27(43-25)28(34)11-3-2-4-12-28/h5-10,13,16,20H,2-4,11-12,14-15,33-34H2,1H3/t16?,20-/m0/s1. The second-order valence-electron chi connectivity index (χ2n) is 11.5. The second kappa shape index (κ2) is 11.3. The molecular weight excluding hydrogens is 615 g/mol. The summed E-state index contributed by atoms with van der Waals surface area (Å²) in [5.74, 6) is -3.29. The zero-order valence-corrected chi connectivity index (χ0v) is 24.9. The monoisotopic (exact) mass is 645 g/mol. The number of alkyl halides is 3. The third kappa shape index (κ3) is 5.96. The van der Waals surface area contributed by atoms with Crippen molar-refractivity contribution in [1.29, 1.82) is 0 Å². The normalized spacial score (nSPS) is 20.4. The molecule has 1 saturated carbocycles. The first-order valence-corrected chi connectivity index (χ1v) is 16.0. The van der Waals surface area contributed by atoms with Gasteiger partial charge in [0.1, 0.15) is 5.92 Å². The summed E-state index contributed by atoms with van der Waals surface area (Å²) in [5.41, 5.74) is 13.3. The van der Waals surface area contributed by atoms with Gasteiger partial charge in [0.15, 0.2) is 9.84 Å². The fraction of sp³-hybridized carbons (Fsp3) is 0.414. The Morgan fingerprint density at radius 3 is 2.44 bits per heavy atom. The summed E-state index contributed by atoms with van der Waals surface area (Å²) in [5, 5.41) is 12.0.